The summed E-state index contributed by atoms with van der Waals surface area (Å²) in [5.41, 5.74) is 2.20. The second-order valence-electron chi connectivity index (χ2n) is 3.57. The number of aromatic nitrogens is 2. The molecule has 0 amide bonds. The van der Waals surface area contributed by atoms with E-state index in [9.17, 15) is 0 Å². The molecule has 0 fully saturated rings. The number of hydrogen-bond donors (Lipinski definition) is 2. The van der Waals surface area contributed by atoms with E-state index >= 15 is 0 Å². The van der Waals surface area contributed by atoms with Gasteiger partial charge in [0.25, 0.3) is 0 Å². The molecule has 2 aromatic rings. The molecule has 0 radical (unpaired) electrons. The lowest BCUT2D eigenvalue weighted by molar-refractivity contribution is 0.448. The van der Waals surface area contributed by atoms with Crippen molar-refractivity contribution < 1.29 is 4.42 Å². The van der Waals surface area contributed by atoms with Crippen molar-refractivity contribution in [1.82, 2.24) is 15.3 Å². The molecular weight excluding hydrogens is 190 g/mol. The summed E-state index contributed by atoms with van der Waals surface area (Å²) in [6.45, 7) is 5.37. The summed E-state index contributed by atoms with van der Waals surface area (Å²) in [5.74, 6) is 1.65. The van der Waals surface area contributed by atoms with Gasteiger partial charge in [0.1, 0.15) is 5.76 Å². The van der Waals surface area contributed by atoms with Crippen LogP contribution in [-0.2, 0) is 13.1 Å². The van der Waals surface area contributed by atoms with E-state index < -0.39 is 0 Å². The molecule has 15 heavy (non-hydrogen) atoms. The van der Waals surface area contributed by atoms with Crippen molar-refractivity contribution in [1.29, 1.82) is 0 Å². The SMILES string of the molecule is Cc1nc(CNCc2cc[nH]c2)oc1C. The number of aryl methyl sites for hydroxylation is 2. The van der Waals surface area contributed by atoms with Crippen molar-refractivity contribution in [2.45, 2.75) is 26.9 Å². The summed E-state index contributed by atoms with van der Waals surface area (Å²) in [6, 6.07) is 2.04. The molecule has 0 aromatic carbocycles. The Kier molecular flexibility index (Phi) is 2.87. The Morgan fingerprint density at radius 3 is 2.87 bits per heavy atom. The van der Waals surface area contributed by atoms with Crippen molar-refractivity contribution in [2.24, 2.45) is 0 Å². The first-order valence-corrected chi connectivity index (χ1v) is 5.01. The fourth-order valence-corrected chi connectivity index (χ4v) is 1.40. The highest BCUT2D eigenvalue weighted by molar-refractivity contribution is 5.08. The normalized spacial score (nSPS) is 10.8. The molecule has 0 aliphatic carbocycles. The molecule has 2 heterocycles. The third-order valence-corrected chi connectivity index (χ3v) is 2.34. The summed E-state index contributed by atoms with van der Waals surface area (Å²) < 4.78 is 5.45. The van der Waals surface area contributed by atoms with Crippen LogP contribution in [-0.4, -0.2) is 9.97 Å². The van der Waals surface area contributed by atoms with E-state index in [0.717, 1.165) is 23.9 Å². The Morgan fingerprint density at radius 1 is 1.40 bits per heavy atom. The van der Waals surface area contributed by atoms with Gasteiger partial charge in [0.05, 0.1) is 12.2 Å². The fraction of sp³-hybridized carbons (Fsp3) is 0.364. The smallest absolute Gasteiger partial charge is 0.208 e. The van der Waals surface area contributed by atoms with Crippen LogP contribution >= 0.6 is 0 Å². The molecule has 0 atom stereocenters. The van der Waals surface area contributed by atoms with E-state index in [2.05, 4.69) is 15.3 Å². The van der Waals surface area contributed by atoms with Crippen molar-refractivity contribution >= 4 is 0 Å². The Balaban J connectivity index is 1.83. The van der Waals surface area contributed by atoms with E-state index in [0.29, 0.717) is 6.54 Å². The maximum atomic E-state index is 5.45. The van der Waals surface area contributed by atoms with Crippen LogP contribution in [0.15, 0.2) is 22.9 Å². The molecule has 0 aliphatic rings. The van der Waals surface area contributed by atoms with Gasteiger partial charge < -0.3 is 14.7 Å². The lowest BCUT2D eigenvalue weighted by atomic mass is 10.3. The Morgan fingerprint density at radius 2 is 2.27 bits per heavy atom. The molecule has 4 heteroatoms. The Hall–Kier alpha value is -1.55. The van der Waals surface area contributed by atoms with Crippen LogP contribution in [0, 0.1) is 13.8 Å². The summed E-state index contributed by atoms with van der Waals surface area (Å²) in [7, 11) is 0. The third-order valence-electron chi connectivity index (χ3n) is 2.34. The average molecular weight is 205 g/mol. The molecular formula is C11H15N3O. The van der Waals surface area contributed by atoms with E-state index in [1.165, 1.54) is 5.56 Å². The van der Waals surface area contributed by atoms with Crippen molar-refractivity contribution in [3.63, 3.8) is 0 Å². The molecule has 2 rings (SSSR count). The van der Waals surface area contributed by atoms with Crippen LogP contribution in [0.1, 0.15) is 22.9 Å². The van der Waals surface area contributed by atoms with Crippen LogP contribution < -0.4 is 5.32 Å². The maximum absolute atomic E-state index is 5.45. The number of nitrogens with one attached hydrogen (secondary N) is 2. The van der Waals surface area contributed by atoms with Gasteiger partial charge in [-0.1, -0.05) is 0 Å². The molecule has 0 bridgehead atoms. The first kappa shape index (κ1) is 9.98. The zero-order chi connectivity index (χ0) is 10.7. The molecule has 2 aromatic heterocycles. The zero-order valence-electron chi connectivity index (χ0n) is 9.00. The Labute approximate surface area is 88.7 Å². The molecule has 0 unspecified atom stereocenters. The molecule has 0 saturated heterocycles. The third kappa shape index (κ3) is 2.47. The molecule has 4 nitrogen and oxygen atoms in total. The molecule has 0 saturated carbocycles. The summed E-state index contributed by atoms with van der Waals surface area (Å²) in [5, 5.41) is 3.27. The van der Waals surface area contributed by atoms with E-state index in [-0.39, 0.29) is 0 Å². The van der Waals surface area contributed by atoms with Crippen LogP contribution in [0.3, 0.4) is 0 Å². The average Bonchev–Trinajstić information content (AvgIpc) is 2.79. The Bertz CT molecular complexity index is 397. The molecule has 2 N–H and O–H groups in total. The van der Waals surface area contributed by atoms with E-state index in [1.807, 2.05) is 32.3 Å². The zero-order valence-corrected chi connectivity index (χ0v) is 9.00. The monoisotopic (exact) mass is 205 g/mol. The highest BCUT2D eigenvalue weighted by Gasteiger charge is 2.04. The maximum Gasteiger partial charge on any atom is 0.208 e. The molecule has 0 aliphatic heterocycles. The predicted octanol–water partition coefficient (Wildman–Crippen LogP) is 1.91. The van der Waals surface area contributed by atoms with Crippen molar-refractivity contribution in [2.75, 3.05) is 0 Å². The number of nitrogens with zero attached hydrogens (tertiary/aromatic N) is 1. The van der Waals surface area contributed by atoms with Gasteiger partial charge in [-0.2, -0.15) is 0 Å². The number of H-pyrrole nitrogens is 1. The summed E-state index contributed by atoms with van der Waals surface area (Å²) in [4.78, 5) is 7.30. The van der Waals surface area contributed by atoms with Gasteiger partial charge in [0, 0.05) is 18.9 Å². The number of hydrogen-bond acceptors (Lipinski definition) is 3. The van der Waals surface area contributed by atoms with Crippen molar-refractivity contribution in [3.8, 4) is 0 Å². The first-order chi connectivity index (χ1) is 7.25. The number of oxazole rings is 1. The second-order valence-corrected chi connectivity index (χ2v) is 3.57. The van der Waals surface area contributed by atoms with Gasteiger partial charge in [-0.3, -0.25) is 0 Å². The first-order valence-electron chi connectivity index (χ1n) is 5.01. The molecule has 0 spiro atoms. The van der Waals surface area contributed by atoms with Gasteiger partial charge in [-0.25, -0.2) is 4.98 Å². The highest BCUT2D eigenvalue weighted by Crippen LogP contribution is 2.07. The van der Waals surface area contributed by atoms with Gasteiger partial charge in [-0.05, 0) is 25.5 Å². The van der Waals surface area contributed by atoms with E-state index in [1.54, 1.807) is 0 Å². The highest BCUT2D eigenvalue weighted by atomic mass is 16.4. The standard InChI is InChI=1S/C11H15N3O/c1-8-9(2)15-11(14-8)7-13-6-10-3-4-12-5-10/h3-5,12-13H,6-7H2,1-2H3. The number of aromatic amines is 1. The van der Waals surface area contributed by atoms with Gasteiger partial charge in [-0.15, -0.1) is 0 Å². The fourth-order valence-electron chi connectivity index (χ4n) is 1.40. The quantitative estimate of drug-likeness (QED) is 0.801. The van der Waals surface area contributed by atoms with Crippen LogP contribution in [0.4, 0.5) is 0 Å². The van der Waals surface area contributed by atoms with Gasteiger partial charge in [0.2, 0.25) is 5.89 Å². The lowest BCUT2D eigenvalue weighted by Gasteiger charge is -1.98. The number of rotatable bonds is 4. The molecule has 80 valence electrons. The second kappa shape index (κ2) is 4.31. The lowest BCUT2D eigenvalue weighted by Crippen LogP contribution is -2.12. The van der Waals surface area contributed by atoms with Crippen molar-refractivity contribution in [3.05, 3.63) is 41.4 Å². The summed E-state index contributed by atoms with van der Waals surface area (Å²) >= 11 is 0. The minimum Gasteiger partial charge on any atom is -0.444 e. The topological polar surface area (TPSA) is 53.9 Å². The van der Waals surface area contributed by atoms with Crippen LogP contribution in [0.2, 0.25) is 0 Å². The largest absolute Gasteiger partial charge is 0.444 e. The minimum atomic E-state index is 0.667. The van der Waals surface area contributed by atoms with Crippen LogP contribution in [0.25, 0.3) is 0 Å². The minimum absolute atomic E-state index is 0.667. The van der Waals surface area contributed by atoms with Crippen LogP contribution in [0.5, 0.6) is 0 Å². The summed E-state index contributed by atoms with van der Waals surface area (Å²) in [6.07, 6.45) is 3.88. The van der Waals surface area contributed by atoms with E-state index in [4.69, 9.17) is 4.42 Å². The predicted molar refractivity (Wildman–Crippen MR) is 57.3 cm³/mol. The van der Waals surface area contributed by atoms with Gasteiger partial charge >= 0.3 is 0 Å². The van der Waals surface area contributed by atoms with Gasteiger partial charge in [0.15, 0.2) is 0 Å².